The minimum absolute atomic E-state index is 0.167. The highest BCUT2D eigenvalue weighted by atomic mass is 32.1. The molecule has 0 saturated heterocycles. The number of carbonyl (C=O) groups excluding carboxylic acids is 1. The molecule has 1 heterocycles. The van der Waals surface area contributed by atoms with Crippen LogP contribution in [0.3, 0.4) is 0 Å². The molecule has 0 fully saturated rings. The number of thiophene rings is 1. The maximum atomic E-state index is 11.7. The van der Waals surface area contributed by atoms with Gasteiger partial charge in [0.2, 0.25) is 5.91 Å². The second-order valence-electron chi connectivity index (χ2n) is 4.92. The third-order valence-electron chi connectivity index (χ3n) is 3.34. The van der Waals surface area contributed by atoms with Crippen molar-refractivity contribution in [2.24, 2.45) is 0 Å². The lowest BCUT2D eigenvalue weighted by atomic mass is 10.1. The Kier molecular flexibility index (Phi) is 6.02. The average Bonchev–Trinajstić information content (AvgIpc) is 2.87. The van der Waals surface area contributed by atoms with Crippen LogP contribution in [0.5, 0.6) is 0 Å². The molecule has 20 heavy (non-hydrogen) atoms. The van der Waals surface area contributed by atoms with Gasteiger partial charge in [-0.1, -0.05) is 18.2 Å². The van der Waals surface area contributed by atoms with Gasteiger partial charge in [0.15, 0.2) is 0 Å². The van der Waals surface area contributed by atoms with Crippen LogP contribution in [-0.2, 0) is 11.2 Å². The highest BCUT2D eigenvalue weighted by Crippen LogP contribution is 2.26. The summed E-state index contributed by atoms with van der Waals surface area (Å²) in [4.78, 5) is 11.7. The summed E-state index contributed by atoms with van der Waals surface area (Å²) < 4.78 is 1.33. The fourth-order valence-corrected chi connectivity index (χ4v) is 3.24. The van der Waals surface area contributed by atoms with Crippen LogP contribution in [0.1, 0.15) is 24.8 Å². The van der Waals surface area contributed by atoms with E-state index in [0.717, 1.165) is 32.4 Å². The van der Waals surface area contributed by atoms with E-state index in [1.807, 2.05) is 7.05 Å². The minimum atomic E-state index is 0.167. The van der Waals surface area contributed by atoms with Crippen LogP contribution in [0.25, 0.3) is 10.1 Å². The summed E-state index contributed by atoms with van der Waals surface area (Å²) in [5.41, 5.74) is 1.37. The predicted molar refractivity (Wildman–Crippen MR) is 86.3 cm³/mol. The molecular weight excluding hydrogens is 268 g/mol. The normalized spacial score (nSPS) is 10.8. The molecule has 0 spiro atoms. The predicted octanol–water partition coefficient (Wildman–Crippen LogP) is 2.95. The highest BCUT2D eigenvalue weighted by Gasteiger charge is 2.05. The summed E-state index contributed by atoms with van der Waals surface area (Å²) in [6.45, 7) is 1.71. The number of carbonyl (C=O) groups is 1. The summed E-state index contributed by atoms with van der Waals surface area (Å²) in [6, 6.07) is 8.46. The number of rotatable bonds is 8. The van der Waals surface area contributed by atoms with Gasteiger partial charge in [-0.15, -0.1) is 11.3 Å². The molecule has 1 aromatic carbocycles. The standard InChI is InChI=1S/C16H22N2OS/c1-17-10-5-11-18-16(19)9-4-6-13-12-20-15-8-3-2-7-14(13)15/h2-3,7-8,12,17H,4-6,9-11H2,1H3,(H,18,19). The lowest BCUT2D eigenvalue weighted by Crippen LogP contribution is -2.26. The quantitative estimate of drug-likeness (QED) is 0.734. The van der Waals surface area contributed by atoms with Crippen LogP contribution in [0.4, 0.5) is 0 Å². The Hall–Kier alpha value is -1.39. The lowest BCUT2D eigenvalue weighted by molar-refractivity contribution is -0.121. The molecule has 108 valence electrons. The van der Waals surface area contributed by atoms with Crippen LogP contribution in [-0.4, -0.2) is 26.0 Å². The van der Waals surface area contributed by atoms with Crippen molar-refractivity contribution in [3.63, 3.8) is 0 Å². The molecule has 3 nitrogen and oxygen atoms in total. The van der Waals surface area contributed by atoms with Crippen molar-refractivity contribution >= 4 is 27.3 Å². The summed E-state index contributed by atoms with van der Waals surface area (Å²) in [6.07, 6.45) is 3.49. The van der Waals surface area contributed by atoms with E-state index in [1.165, 1.54) is 15.6 Å². The van der Waals surface area contributed by atoms with Crippen LogP contribution in [0.15, 0.2) is 29.6 Å². The molecule has 2 aromatic rings. The Morgan fingerprint density at radius 2 is 2.05 bits per heavy atom. The SMILES string of the molecule is CNCCCNC(=O)CCCc1csc2ccccc12. The van der Waals surface area contributed by atoms with Gasteiger partial charge in [0, 0.05) is 17.7 Å². The third kappa shape index (κ3) is 4.32. The fraction of sp³-hybridized carbons (Fsp3) is 0.438. The number of hydrogen-bond donors (Lipinski definition) is 2. The molecule has 0 aliphatic carbocycles. The first-order chi connectivity index (χ1) is 9.81. The van der Waals surface area contributed by atoms with Crippen molar-refractivity contribution in [1.82, 2.24) is 10.6 Å². The number of nitrogens with one attached hydrogen (secondary N) is 2. The maximum Gasteiger partial charge on any atom is 0.220 e. The Labute approximate surface area is 124 Å². The number of hydrogen-bond acceptors (Lipinski definition) is 3. The molecule has 0 aliphatic rings. The lowest BCUT2D eigenvalue weighted by Gasteiger charge is -2.04. The third-order valence-corrected chi connectivity index (χ3v) is 4.35. The zero-order chi connectivity index (χ0) is 14.2. The molecule has 1 amide bonds. The van der Waals surface area contributed by atoms with Crippen molar-refractivity contribution in [2.75, 3.05) is 20.1 Å². The zero-order valence-corrected chi connectivity index (χ0v) is 12.8. The Bertz CT molecular complexity index is 550. The summed E-state index contributed by atoms with van der Waals surface area (Å²) in [5.74, 6) is 0.167. The van der Waals surface area contributed by atoms with E-state index in [0.29, 0.717) is 6.42 Å². The van der Waals surface area contributed by atoms with Gasteiger partial charge < -0.3 is 10.6 Å². The van der Waals surface area contributed by atoms with E-state index in [4.69, 9.17) is 0 Å². The second-order valence-corrected chi connectivity index (χ2v) is 5.83. The Morgan fingerprint density at radius 1 is 1.20 bits per heavy atom. The number of fused-ring (bicyclic) bond motifs is 1. The number of amides is 1. The van der Waals surface area contributed by atoms with E-state index in [9.17, 15) is 4.79 Å². The highest BCUT2D eigenvalue weighted by molar-refractivity contribution is 7.17. The van der Waals surface area contributed by atoms with Crippen LogP contribution in [0, 0.1) is 0 Å². The zero-order valence-electron chi connectivity index (χ0n) is 11.9. The van der Waals surface area contributed by atoms with Gasteiger partial charge in [-0.05, 0) is 55.3 Å². The maximum absolute atomic E-state index is 11.7. The van der Waals surface area contributed by atoms with Crippen molar-refractivity contribution < 1.29 is 4.79 Å². The fourth-order valence-electron chi connectivity index (χ4n) is 2.25. The van der Waals surface area contributed by atoms with Gasteiger partial charge >= 0.3 is 0 Å². The molecular formula is C16H22N2OS. The van der Waals surface area contributed by atoms with Crippen molar-refractivity contribution in [1.29, 1.82) is 0 Å². The number of benzene rings is 1. The van der Waals surface area contributed by atoms with Crippen LogP contribution < -0.4 is 10.6 Å². The first-order valence-corrected chi connectivity index (χ1v) is 8.05. The minimum Gasteiger partial charge on any atom is -0.356 e. The first-order valence-electron chi connectivity index (χ1n) is 7.17. The average molecular weight is 290 g/mol. The Morgan fingerprint density at radius 3 is 2.90 bits per heavy atom. The van der Waals surface area contributed by atoms with Gasteiger partial charge in [-0.2, -0.15) is 0 Å². The summed E-state index contributed by atoms with van der Waals surface area (Å²) >= 11 is 1.78. The van der Waals surface area contributed by atoms with E-state index in [2.05, 4.69) is 40.3 Å². The monoisotopic (exact) mass is 290 g/mol. The molecule has 2 rings (SSSR count). The van der Waals surface area contributed by atoms with Gasteiger partial charge in [-0.3, -0.25) is 4.79 Å². The molecule has 2 N–H and O–H groups in total. The van der Waals surface area contributed by atoms with E-state index in [1.54, 1.807) is 11.3 Å². The van der Waals surface area contributed by atoms with Crippen LogP contribution >= 0.6 is 11.3 Å². The van der Waals surface area contributed by atoms with Crippen molar-refractivity contribution in [3.05, 3.63) is 35.2 Å². The molecule has 0 unspecified atom stereocenters. The summed E-state index contributed by atoms with van der Waals surface area (Å²) in [5, 5.41) is 9.59. The van der Waals surface area contributed by atoms with E-state index < -0.39 is 0 Å². The topological polar surface area (TPSA) is 41.1 Å². The van der Waals surface area contributed by atoms with Gasteiger partial charge in [0.25, 0.3) is 0 Å². The van der Waals surface area contributed by atoms with E-state index in [-0.39, 0.29) is 5.91 Å². The van der Waals surface area contributed by atoms with E-state index >= 15 is 0 Å². The Balaban J connectivity index is 1.71. The molecule has 0 aliphatic heterocycles. The molecule has 4 heteroatoms. The first kappa shape index (κ1) is 15.0. The largest absolute Gasteiger partial charge is 0.356 e. The van der Waals surface area contributed by atoms with Crippen molar-refractivity contribution in [3.8, 4) is 0 Å². The molecule has 0 saturated carbocycles. The number of aryl methyl sites for hydroxylation is 1. The smallest absolute Gasteiger partial charge is 0.220 e. The van der Waals surface area contributed by atoms with Gasteiger partial charge in [0.05, 0.1) is 0 Å². The van der Waals surface area contributed by atoms with Crippen LogP contribution in [0.2, 0.25) is 0 Å². The molecule has 0 bridgehead atoms. The second kappa shape index (κ2) is 8.02. The van der Waals surface area contributed by atoms with Gasteiger partial charge in [0.1, 0.15) is 0 Å². The molecule has 0 atom stereocenters. The molecule has 1 aromatic heterocycles. The summed E-state index contributed by atoms with van der Waals surface area (Å²) in [7, 11) is 1.92. The molecule has 0 radical (unpaired) electrons. The van der Waals surface area contributed by atoms with Crippen molar-refractivity contribution in [2.45, 2.75) is 25.7 Å². The van der Waals surface area contributed by atoms with Gasteiger partial charge in [-0.25, -0.2) is 0 Å².